The smallest absolute Gasteiger partial charge is 0.779 e. The van der Waals surface area contributed by atoms with Gasteiger partial charge in [0.15, 0.2) is 7.14 Å². The molecule has 5 heteroatoms. The summed E-state index contributed by atoms with van der Waals surface area (Å²) < 4.78 is 14.2. The minimum Gasteiger partial charge on any atom is -0.779 e. The van der Waals surface area contributed by atoms with Gasteiger partial charge in [-0.1, -0.05) is 72.8 Å². The van der Waals surface area contributed by atoms with Crippen molar-refractivity contribution < 1.29 is 23.4 Å². The SMILES string of the molecule is N#CCc1ccc([S-])c(P(=O)(c2ccccc2)c2ccccc2)c1.[Li+]. The van der Waals surface area contributed by atoms with Gasteiger partial charge in [0.2, 0.25) is 0 Å². The van der Waals surface area contributed by atoms with E-state index in [1.807, 2.05) is 72.8 Å². The zero-order valence-corrected chi connectivity index (χ0v) is 15.6. The van der Waals surface area contributed by atoms with Crippen LogP contribution in [0, 0.1) is 11.3 Å². The van der Waals surface area contributed by atoms with Crippen LogP contribution < -0.4 is 34.8 Å². The third kappa shape index (κ3) is 3.90. The average molecular weight is 355 g/mol. The number of nitriles is 1. The van der Waals surface area contributed by atoms with Crippen LogP contribution in [0.4, 0.5) is 0 Å². The number of rotatable bonds is 4. The molecule has 0 amide bonds. The van der Waals surface area contributed by atoms with Crippen LogP contribution in [0.1, 0.15) is 5.56 Å². The first kappa shape index (κ1) is 19.5. The summed E-state index contributed by atoms with van der Waals surface area (Å²) in [7, 11) is -3.08. The third-order valence-corrected chi connectivity index (χ3v) is 7.49. The van der Waals surface area contributed by atoms with E-state index in [-0.39, 0.29) is 25.3 Å². The summed E-state index contributed by atoms with van der Waals surface area (Å²) in [6, 6.07) is 26.4. The van der Waals surface area contributed by atoms with E-state index in [4.69, 9.17) is 17.9 Å². The van der Waals surface area contributed by atoms with E-state index in [1.165, 1.54) is 0 Å². The molecule has 0 N–H and O–H groups in total. The molecule has 0 heterocycles. The minimum atomic E-state index is -3.08. The van der Waals surface area contributed by atoms with Crippen LogP contribution >= 0.6 is 7.14 Å². The second-order valence-corrected chi connectivity index (χ2v) is 8.59. The molecule has 0 saturated heterocycles. The van der Waals surface area contributed by atoms with Gasteiger partial charge in [0.1, 0.15) is 0 Å². The van der Waals surface area contributed by atoms with Crippen LogP contribution in [0.2, 0.25) is 0 Å². The Morgan fingerprint density at radius 3 is 1.88 bits per heavy atom. The van der Waals surface area contributed by atoms with Crippen molar-refractivity contribution in [3.8, 4) is 6.07 Å². The van der Waals surface area contributed by atoms with Crippen LogP contribution in [0.15, 0.2) is 83.8 Å². The molecule has 0 saturated carbocycles. The van der Waals surface area contributed by atoms with Crippen molar-refractivity contribution in [2.45, 2.75) is 11.3 Å². The molecule has 0 aliphatic rings. The van der Waals surface area contributed by atoms with E-state index in [0.717, 1.165) is 16.2 Å². The number of hydrogen-bond acceptors (Lipinski definition) is 3. The maximum atomic E-state index is 14.2. The normalized spacial score (nSPS) is 10.5. The molecule has 0 bridgehead atoms. The van der Waals surface area contributed by atoms with E-state index in [9.17, 15) is 4.57 Å². The predicted molar refractivity (Wildman–Crippen MR) is 101 cm³/mol. The van der Waals surface area contributed by atoms with Gasteiger partial charge in [-0.2, -0.15) is 10.2 Å². The van der Waals surface area contributed by atoms with Crippen LogP contribution in [0.25, 0.3) is 0 Å². The van der Waals surface area contributed by atoms with E-state index < -0.39 is 7.14 Å². The summed E-state index contributed by atoms with van der Waals surface area (Å²) in [5.41, 5.74) is 0.827. The Kier molecular flexibility index (Phi) is 6.66. The van der Waals surface area contributed by atoms with E-state index >= 15 is 0 Å². The van der Waals surface area contributed by atoms with Gasteiger partial charge in [0.25, 0.3) is 0 Å². The van der Waals surface area contributed by atoms with Crippen LogP contribution in [0.3, 0.4) is 0 Å². The fourth-order valence-corrected chi connectivity index (χ4v) is 6.00. The summed E-state index contributed by atoms with van der Waals surface area (Å²) >= 11 is 5.49. The predicted octanol–water partition coefficient (Wildman–Crippen LogP) is 0.302. The Morgan fingerprint density at radius 1 is 0.880 bits per heavy atom. The number of hydrogen-bond donors (Lipinski definition) is 0. The largest absolute Gasteiger partial charge is 1.00 e. The molecule has 0 atom stereocenters. The van der Waals surface area contributed by atoms with E-state index in [0.29, 0.717) is 10.2 Å². The first-order valence-corrected chi connectivity index (χ1v) is 9.66. The topological polar surface area (TPSA) is 40.9 Å². The molecule has 0 spiro atoms. The molecular formula is C20H15LiNOPS. The quantitative estimate of drug-likeness (QED) is 0.384. The van der Waals surface area contributed by atoms with Crippen molar-refractivity contribution in [2.24, 2.45) is 0 Å². The van der Waals surface area contributed by atoms with Gasteiger partial charge in [-0.15, -0.1) is 0 Å². The fourth-order valence-electron chi connectivity index (χ4n) is 2.71. The molecule has 0 aromatic heterocycles. The summed E-state index contributed by atoms with van der Waals surface area (Å²) in [5, 5.41) is 11.1. The fraction of sp³-hybridized carbons (Fsp3) is 0.0500. The molecule has 0 unspecified atom stereocenters. The van der Waals surface area contributed by atoms with Crippen LogP contribution in [0.5, 0.6) is 0 Å². The van der Waals surface area contributed by atoms with Crippen molar-refractivity contribution in [1.82, 2.24) is 0 Å². The Hall–Kier alpha value is -1.80. The standard InChI is InChI=1S/C20H16NOPS.Li/c21-14-13-16-11-12-20(24)19(15-16)23(22,17-7-3-1-4-8-17)18-9-5-2-6-10-18;/h1-12,15,24H,13H2;/q;+1/p-1. The Labute approximate surface area is 165 Å². The van der Waals surface area contributed by atoms with Gasteiger partial charge in [0, 0.05) is 15.9 Å². The third-order valence-electron chi connectivity index (χ3n) is 3.89. The van der Waals surface area contributed by atoms with Crippen LogP contribution in [-0.2, 0) is 23.6 Å². The van der Waals surface area contributed by atoms with Gasteiger partial charge >= 0.3 is 18.9 Å². The van der Waals surface area contributed by atoms with E-state index in [1.54, 1.807) is 6.07 Å². The van der Waals surface area contributed by atoms with Crippen molar-refractivity contribution in [3.05, 3.63) is 84.4 Å². The van der Waals surface area contributed by atoms with Gasteiger partial charge in [0.05, 0.1) is 12.5 Å². The molecule has 3 aromatic rings. The molecule has 2 nitrogen and oxygen atoms in total. The number of nitrogens with zero attached hydrogens (tertiary/aromatic N) is 1. The van der Waals surface area contributed by atoms with Crippen molar-refractivity contribution in [2.75, 3.05) is 0 Å². The zero-order valence-electron chi connectivity index (χ0n) is 13.9. The average Bonchev–Trinajstić information content (AvgIpc) is 2.64. The first-order valence-electron chi connectivity index (χ1n) is 7.55. The molecule has 25 heavy (non-hydrogen) atoms. The molecule has 118 valence electrons. The summed E-state index contributed by atoms with van der Waals surface area (Å²) in [6.45, 7) is 0. The van der Waals surface area contributed by atoms with Crippen molar-refractivity contribution in [1.29, 1.82) is 5.26 Å². The molecule has 0 fully saturated rings. The maximum absolute atomic E-state index is 14.2. The minimum absolute atomic E-state index is 0. The summed E-state index contributed by atoms with van der Waals surface area (Å²) in [5.74, 6) is 0. The summed E-state index contributed by atoms with van der Waals surface area (Å²) in [4.78, 5) is 0.563. The molecule has 0 radical (unpaired) electrons. The van der Waals surface area contributed by atoms with Gasteiger partial charge < -0.3 is 17.2 Å². The van der Waals surface area contributed by atoms with Crippen molar-refractivity contribution >= 4 is 35.7 Å². The Balaban J connectivity index is 0.00000225. The molecule has 3 aromatic carbocycles. The molecule has 0 aliphatic carbocycles. The monoisotopic (exact) mass is 355 g/mol. The van der Waals surface area contributed by atoms with Gasteiger partial charge in [-0.25, -0.2) is 0 Å². The first-order chi connectivity index (χ1) is 11.7. The molecule has 3 rings (SSSR count). The Morgan fingerprint density at radius 2 is 1.40 bits per heavy atom. The molecule has 0 aliphatic heterocycles. The maximum Gasteiger partial charge on any atom is 1.00 e. The van der Waals surface area contributed by atoms with Crippen molar-refractivity contribution in [3.63, 3.8) is 0 Å². The van der Waals surface area contributed by atoms with Gasteiger partial charge in [-0.3, -0.25) is 0 Å². The van der Waals surface area contributed by atoms with Gasteiger partial charge in [-0.05, 0) is 11.6 Å². The van der Waals surface area contributed by atoms with E-state index in [2.05, 4.69) is 6.07 Å². The second kappa shape index (κ2) is 8.53. The number of benzene rings is 3. The Bertz CT molecular complexity index is 895. The molecular weight excluding hydrogens is 340 g/mol. The summed E-state index contributed by atoms with van der Waals surface area (Å²) in [6.07, 6.45) is 0.270. The van der Waals surface area contributed by atoms with Crippen LogP contribution in [-0.4, -0.2) is 0 Å². The second-order valence-electron chi connectivity index (χ2n) is 5.42. The zero-order chi connectivity index (χ0) is 17.0.